The zero-order chi connectivity index (χ0) is 25.5. The van der Waals surface area contributed by atoms with Crippen LogP contribution in [0.5, 0.6) is 5.75 Å². The van der Waals surface area contributed by atoms with Gasteiger partial charge < -0.3 is 25.7 Å². The average Bonchev–Trinajstić information content (AvgIpc) is 3.34. The molecule has 36 heavy (non-hydrogen) atoms. The molecule has 2 aromatic rings. The van der Waals surface area contributed by atoms with Gasteiger partial charge in [0.05, 0.1) is 13.2 Å². The molecule has 1 aliphatic carbocycles. The number of benzene rings is 1. The fourth-order valence-corrected chi connectivity index (χ4v) is 5.41. The first-order valence-electron chi connectivity index (χ1n) is 12.9. The standard InChI is InChI=1S/C27H35N5O4/c1-36-24-11-5-10-21-20(24)15-23(31-21)27(35)32-22(13-17-7-3-2-4-8-17)26(34)30-19(16-28)14-18-9-6-12-29-25(18)33/h5,10-11,15,17-19,22,31H,2-4,6-9,12-14H2,1H3,(H,29,33)(H,30,34)(H,32,35)/t18-,19-,22-/m0/s1. The number of fused-ring (bicyclic) bond motifs is 1. The molecule has 0 unspecified atom stereocenters. The molecule has 1 aliphatic heterocycles. The number of rotatable bonds is 9. The lowest BCUT2D eigenvalue weighted by atomic mass is 9.84. The van der Waals surface area contributed by atoms with E-state index >= 15 is 0 Å². The molecule has 1 saturated carbocycles. The first-order valence-corrected chi connectivity index (χ1v) is 12.9. The van der Waals surface area contributed by atoms with E-state index in [4.69, 9.17) is 4.74 Å². The van der Waals surface area contributed by atoms with Crippen LogP contribution in [-0.2, 0) is 9.59 Å². The molecular formula is C27H35N5O4. The van der Waals surface area contributed by atoms with E-state index in [0.29, 0.717) is 36.7 Å². The number of nitriles is 1. The molecule has 192 valence electrons. The summed E-state index contributed by atoms with van der Waals surface area (Å²) in [7, 11) is 1.58. The SMILES string of the molecule is COc1cccc2[nH]c(C(=O)N[C@@H](CC3CCCCC3)C(=O)N[C@H](C#N)C[C@@H]3CCCNC3=O)cc12. The number of nitrogens with one attached hydrogen (secondary N) is 4. The Morgan fingerprint density at radius 1 is 1.14 bits per heavy atom. The maximum absolute atomic E-state index is 13.3. The van der Waals surface area contributed by atoms with Gasteiger partial charge in [-0.1, -0.05) is 38.2 Å². The molecule has 9 nitrogen and oxygen atoms in total. The summed E-state index contributed by atoms with van der Waals surface area (Å²) in [5, 5.41) is 19.0. The third-order valence-corrected chi connectivity index (χ3v) is 7.40. The third kappa shape index (κ3) is 6.17. The lowest BCUT2D eigenvalue weighted by molar-refractivity contribution is -0.128. The van der Waals surface area contributed by atoms with Gasteiger partial charge in [-0.2, -0.15) is 5.26 Å². The molecule has 1 aromatic heterocycles. The summed E-state index contributed by atoms with van der Waals surface area (Å²) in [5.74, 6) is -0.145. The van der Waals surface area contributed by atoms with Gasteiger partial charge in [-0.15, -0.1) is 0 Å². The molecular weight excluding hydrogens is 458 g/mol. The minimum atomic E-state index is -0.797. The van der Waals surface area contributed by atoms with E-state index in [0.717, 1.165) is 43.0 Å². The predicted molar refractivity (Wildman–Crippen MR) is 135 cm³/mol. The van der Waals surface area contributed by atoms with Crippen molar-refractivity contribution in [3.63, 3.8) is 0 Å². The quantitative estimate of drug-likeness (QED) is 0.425. The van der Waals surface area contributed by atoms with E-state index < -0.39 is 12.1 Å². The van der Waals surface area contributed by atoms with Crippen LogP contribution in [0.25, 0.3) is 10.9 Å². The van der Waals surface area contributed by atoms with E-state index in [1.807, 2.05) is 18.2 Å². The summed E-state index contributed by atoms with van der Waals surface area (Å²) in [6.07, 6.45) is 7.81. The minimum Gasteiger partial charge on any atom is -0.496 e. The van der Waals surface area contributed by atoms with Gasteiger partial charge in [-0.25, -0.2) is 0 Å². The Hall–Kier alpha value is -3.54. The Labute approximate surface area is 211 Å². The van der Waals surface area contributed by atoms with Crippen LogP contribution < -0.4 is 20.7 Å². The highest BCUT2D eigenvalue weighted by atomic mass is 16.5. The summed E-state index contributed by atoms with van der Waals surface area (Å²) in [6, 6.07) is 7.81. The molecule has 0 bridgehead atoms. The largest absolute Gasteiger partial charge is 0.496 e. The number of piperidine rings is 1. The van der Waals surface area contributed by atoms with E-state index in [1.54, 1.807) is 13.2 Å². The molecule has 3 amide bonds. The van der Waals surface area contributed by atoms with Crippen LogP contribution in [-0.4, -0.2) is 48.4 Å². The number of hydrogen-bond donors (Lipinski definition) is 4. The van der Waals surface area contributed by atoms with Crippen molar-refractivity contribution in [1.29, 1.82) is 5.26 Å². The molecule has 9 heteroatoms. The molecule has 1 saturated heterocycles. The fourth-order valence-electron chi connectivity index (χ4n) is 5.41. The Morgan fingerprint density at radius 2 is 1.94 bits per heavy atom. The fraction of sp³-hybridized carbons (Fsp3) is 0.556. The van der Waals surface area contributed by atoms with Gasteiger partial charge in [0.15, 0.2) is 0 Å². The Bertz CT molecular complexity index is 1130. The zero-order valence-corrected chi connectivity index (χ0v) is 20.8. The van der Waals surface area contributed by atoms with Crippen LogP contribution in [0.3, 0.4) is 0 Å². The number of carbonyl (C=O) groups excluding carboxylic acids is 3. The van der Waals surface area contributed by atoms with Crippen LogP contribution in [0.2, 0.25) is 0 Å². The van der Waals surface area contributed by atoms with Crippen molar-refractivity contribution < 1.29 is 19.1 Å². The van der Waals surface area contributed by atoms with Gasteiger partial charge in [0.1, 0.15) is 23.5 Å². The summed E-state index contributed by atoms with van der Waals surface area (Å²) in [4.78, 5) is 41.8. The number of H-pyrrole nitrogens is 1. The zero-order valence-electron chi connectivity index (χ0n) is 20.8. The lowest BCUT2D eigenvalue weighted by Gasteiger charge is -2.28. The van der Waals surface area contributed by atoms with Gasteiger partial charge in [0.25, 0.3) is 5.91 Å². The van der Waals surface area contributed by atoms with E-state index in [2.05, 4.69) is 27.0 Å². The van der Waals surface area contributed by atoms with Crippen LogP contribution in [0, 0.1) is 23.2 Å². The van der Waals surface area contributed by atoms with E-state index in [-0.39, 0.29) is 30.1 Å². The van der Waals surface area contributed by atoms with Gasteiger partial charge in [0.2, 0.25) is 11.8 Å². The van der Waals surface area contributed by atoms with Crippen molar-refractivity contribution in [2.24, 2.45) is 11.8 Å². The summed E-state index contributed by atoms with van der Waals surface area (Å²) in [6.45, 7) is 0.647. The topological polar surface area (TPSA) is 136 Å². The maximum Gasteiger partial charge on any atom is 0.268 e. The molecule has 0 spiro atoms. The highest BCUT2D eigenvalue weighted by Crippen LogP contribution is 2.29. The van der Waals surface area contributed by atoms with Crippen molar-refractivity contribution in [2.45, 2.75) is 69.9 Å². The number of ether oxygens (including phenoxy) is 1. The predicted octanol–water partition coefficient (Wildman–Crippen LogP) is 3.17. The minimum absolute atomic E-state index is 0.0722. The lowest BCUT2D eigenvalue weighted by Crippen LogP contribution is -2.51. The first-order chi connectivity index (χ1) is 17.5. The number of aromatic amines is 1. The second kappa shape index (κ2) is 11.9. The Morgan fingerprint density at radius 3 is 2.67 bits per heavy atom. The average molecular weight is 494 g/mol. The van der Waals surface area contributed by atoms with Gasteiger partial charge in [-0.3, -0.25) is 14.4 Å². The highest BCUT2D eigenvalue weighted by Gasteiger charge is 2.31. The second-order valence-electron chi connectivity index (χ2n) is 9.93. The van der Waals surface area contributed by atoms with Crippen molar-refractivity contribution in [1.82, 2.24) is 20.9 Å². The highest BCUT2D eigenvalue weighted by molar-refractivity contribution is 6.01. The molecule has 4 N–H and O–H groups in total. The monoisotopic (exact) mass is 493 g/mol. The number of hydrogen-bond acceptors (Lipinski definition) is 5. The number of amides is 3. The number of nitrogens with zero attached hydrogens (tertiary/aromatic N) is 1. The Balaban J connectivity index is 1.47. The van der Waals surface area contributed by atoms with Crippen molar-refractivity contribution in [2.75, 3.05) is 13.7 Å². The number of carbonyl (C=O) groups is 3. The first kappa shape index (κ1) is 25.5. The van der Waals surface area contributed by atoms with Crippen molar-refractivity contribution in [3.8, 4) is 11.8 Å². The molecule has 2 aliphatic rings. The molecule has 3 atom stereocenters. The van der Waals surface area contributed by atoms with Crippen molar-refractivity contribution >= 4 is 28.6 Å². The number of aromatic nitrogens is 1. The molecule has 4 rings (SSSR count). The van der Waals surface area contributed by atoms with Crippen LogP contribution >= 0.6 is 0 Å². The van der Waals surface area contributed by atoms with E-state index in [9.17, 15) is 19.6 Å². The molecule has 2 fully saturated rings. The summed E-state index contributed by atoms with van der Waals surface area (Å²) < 4.78 is 5.39. The van der Waals surface area contributed by atoms with Gasteiger partial charge in [-0.05, 0) is 49.8 Å². The van der Waals surface area contributed by atoms with Crippen LogP contribution in [0.15, 0.2) is 24.3 Å². The van der Waals surface area contributed by atoms with Crippen LogP contribution in [0.4, 0.5) is 0 Å². The second-order valence-corrected chi connectivity index (χ2v) is 9.93. The smallest absolute Gasteiger partial charge is 0.268 e. The Kier molecular flexibility index (Phi) is 8.47. The normalized spacial score (nSPS) is 20.1. The third-order valence-electron chi connectivity index (χ3n) is 7.40. The van der Waals surface area contributed by atoms with Crippen molar-refractivity contribution in [3.05, 3.63) is 30.0 Å². The maximum atomic E-state index is 13.3. The molecule has 0 radical (unpaired) electrons. The molecule has 2 heterocycles. The van der Waals surface area contributed by atoms with E-state index in [1.165, 1.54) is 6.42 Å². The number of methoxy groups -OCH3 is 1. The molecule has 1 aromatic carbocycles. The van der Waals surface area contributed by atoms with Gasteiger partial charge >= 0.3 is 0 Å². The summed E-state index contributed by atoms with van der Waals surface area (Å²) >= 11 is 0. The summed E-state index contributed by atoms with van der Waals surface area (Å²) in [5.41, 5.74) is 1.11. The van der Waals surface area contributed by atoms with Crippen LogP contribution in [0.1, 0.15) is 68.3 Å². The van der Waals surface area contributed by atoms with Gasteiger partial charge in [0, 0.05) is 23.4 Å².